The Balaban J connectivity index is 0.747. The van der Waals surface area contributed by atoms with Gasteiger partial charge in [0.1, 0.15) is 0 Å². The molecule has 0 unspecified atom stereocenters. The van der Waals surface area contributed by atoms with Crippen molar-refractivity contribution in [2.45, 2.75) is 0 Å². The molecule has 0 spiro atoms. The lowest BCUT2D eigenvalue weighted by molar-refractivity contribution is 1.28. The quantitative estimate of drug-likeness (QED) is 0.114. The van der Waals surface area contributed by atoms with Crippen molar-refractivity contribution in [1.29, 1.82) is 0 Å². The molecule has 74 heavy (non-hydrogen) atoms. The highest BCUT2D eigenvalue weighted by molar-refractivity contribution is 5.83. The molecule has 0 amide bonds. The molecule has 0 bridgehead atoms. The van der Waals surface area contributed by atoms with Gasteiger partial charge in [-0.3, -0.25) is 0 Å². The lowest BCUT2D eigenvalue weighted by atomic mass is 9.98. The molecule has 350 valence electrons. The highest BCUT2D eigenvalue weighted by Gasteiger charge is 2.16. The van der Waals surface area contributed by atoms with Gasteiger partial charge in [0.05, 0.1) is 0 Å². The summed E-state index contributed by atoms with van der Waals surface area (Å²) in [7, 11) is 0. The fraction of sp³-hybridized carbons (Fsp3) is 0. The Labute approximate surface area is 435 Å². The van der Waals surface area contributed by atoms with Crippen molar-refractivity contribution in [1.82, 2.24) is 0 Å². The summed E-state index contributed by atoms with van der Waals surface area (Å²) in [4.78, 5) is 4.64. The molecule has 0 aliphatic rings. The number of nitrogens with zero attached hydrogens (tertiary/aromatic N) is 2. The summed E-state index contributed by atoms with van der Waals surface area (Å²) in [6.07, 6.45) is 0. The van der Waals surface area contributed by atoms with Gasteiger partial charge in [0.25, 0.3) is 0 Å². The van der Waals surface area contributed by atoms with Crippen molar-refractivity contribution in [3.05, 3.63) is 315 Å². The van der Waals surface area contributed by atoms with Crippen LogP contribution in [0.5, 0.6) is 0 Å². The van der Waals surface area contributed by atoms with Gasteiger partial charge in [0, 0.05) is 34.1 Å². The van der Waals surface area contributed by atoms with Gasteiger partial charge in [-0.15, -0.1) is 0 Å². The molecule has 0 fully saturated rings. The Morgan fingerprint density at radius 2 is 0.230 bits per heavy atom. The second-order valence-electron chi connectivity index (χ2n) is 18.6. The lowest BCUT2D eigenvalue weighted by Crippen LogP contribution is -2.10. The molecule has 0 aliphatic heterocycles. The van der Waals surface area contributed by atoms with E-state index in [0.717, 1.165) is 45.3 Å². The van der Waals surface area contributed by atoms with Crippen LogP contribution in [0.4, 0.5) is 34.1 Å². The summed E-state index contributed by atoms with van der Waals surface area (Å²) in [5, 5.41) is 0. The van der Waals surface area contributed by atoms with Crippen LogP contribution in [0.25, 0.3) is 77.9 Å². The highest BCUT2D eigenvalue weighted by atomic mass is 15.1. The summed E-state index contributed by atoms with van der Waals surface area (Å²) < 4.78 is 0. The Bertz CT molecular complexity index is 3450. The topological polar surface area (TPSA) is 6.48 Å². The third-order valence-corrected chi connectivity index (χ3v) is 14.0. The maximum Gasteiger partial charge on any atom is 0.0462 e. The van der Waals surface area contributed by atoms with E-state index in [9.17, 15) is 0 Å². The number of hydrogen-bond donors (Lipinski definition) is 0. The Kier molecular flexibility index (Phi) is 12.8. The predicted octanol–water partition coefficient (Wildman–Crippen LogP) is 20.3. The van der Waals surface area contributed by atoms with Gasteiger partial charge < -0.3 is 9.80 Å². The largest absolute Gasteiger partial charge is 0.311 e. The molecule has 0 heterocycles. The zero-order valence-electron chi connectivity index (χ0n) is 40.9. The molecule has 2 heteroatoms. The zero-order valence-corrected chi connectivity index (χ0v) is 40.9. The van der Waals surface area contributed by atoms with E-state index in [1.165, 1.54) is 66.8 Å². The molecule has 0 atom stereocenters. The van der Waals surface area contributed by atoms with Crippen molar-refractivity contribution < 1.29 is 0 Å². The van der Waals surface area contributed by atoms with Gasteiger partial charge in [-0.05, 0) is 151 Å². The number of benzene rings is 12. The van der Waals surface area contributed by atoms with E-state index in [1.54, 1.807) is 0 Å². The van der Waals surface area contributed by atoms with Crippen LogP contribution >= 0.6 is 0 Å². The van der Waals surface area contributed by atoms with E-state index < -0.39 is 0 Å². The SMILES string of the molecule is c1ccc(-c2ccc(-c3ccc(-c4ccc(N(c5ccccc5)c5ccc(-c6ccc(N(c7ccccc7)c7ccc(-c8ccc(-c9ccc(-c%10ccccc%10)cc9)cc8)cc7)cc6)cc5)cc4)cc3)cc2)cc1. The van der Waals surface area contributed by atoms with Crippen molar-refractivity contribution in [2.24, 2.45) is 0 Å². The summed E-state index contributed by atoms with van der Waals surface area (Å²) in [5.41, 5.74) is 23.4. The fourth-order valence-electron chi connectivity index (χ4n) is 9.94. The van der Waals surface area contributed by atoms with Crippen LogP contribution in [0.2, 0.25) is 0 Å². The predicted molar refractivity (Wildman–Crippen MR) is 314 cm³/mol. The number of hydrogen-bond acceptors (Lipinski definition) is 2. The van der Waals surface area contributed by atoms with Crippen LogP contribution in [0.15, 0.2) is 315 Å². The van der Waals surface area contributed by atoms with Crippen molar-refractivity contribution >= 4 is 34.1 Å². The molecule has 0 saturated heterocycles. The molecular weight excluding hydrogens is 893 g/mol. The van der Waals surface area contributed by atoms with Crippen LogP contribution in [0.3, 0.4) is 0 Å². The minimum absolute atomic E-state index is 1.09. The van der Waals surface area contributed by atoms with Crippen LogP contribution in [-0.4, -0.2) is 0 Å². The van der Waals surface area contributed by atoms with Gasteiger partial charge in [-0.1, -0.05) is 243 Å². The van der Waals surface area contributed by atoms with Gasteiger partial charge in [0.15, 0.2) is 0 Å². The second kappa shape index (κ2) is 20.9. The Morgan fingerprint density at radius 3 is 0.405 bits per heavy atom. The van der Waals surface area contributed by atoms with Gasteiger partial charge in [-0.2, -0.15) is 0 Å². The summed E-state index contributed by atoms with van der Waals surface area (Å²) in [5.74, 6) is 0. The molecule has 0 N–H and O–H groups in total. The van der Waals surface area contributed by atoms with E-state index in [-0.39, 0.29) is 0 Å². The molecule has 0 aromatic heterocycles. The van der Waals surface area contributed by atoms with Crippen LogP contribution in [0.1, 0.15) is 0 Å². The molecule has 0 radical (unpaired) electrons. The maximum atomic E-state index is 2.32. The van der Waals surface area contributed by atoms with Gasteiger partial charge in [-0.25, -0.2) is 0 Å². The van der Waals surface area contributed by atoms with Crippen molar-refractivity contribution in [3.63, 3.8) is 0 Å². The highest BCUT2D eigenvalue weighted by Crippen LogP contribution is 2.40. The van der Waals surface area contributed by atoms with E-state index in [0.29, 0.717) is 0 Å². The zero-order chi connectivity index (χ0) is 49.5. The van der Waals surface area contributed by atoms with Gasteiger partial charge in [0.2, 0.25) is 0 Å². The van der Waals surface area contributed by atoms with E-state index in [4.69, 9.17) is 0 Å². The van der Waals surface area contributed by atoms with E-state index >= 15 is 0 Å². The molecule has 0 aliphatic carbocycles. The minimum atomic E-state index is 1.09. The standard InChI is InChI=1S/C72H52N2/c1-5-13-53(14-6-1)55-21-25-57(26-22-55)59-29-33-61(34-30-59)63-37-45-69(46-38-63)73(67-17-9-3-10-18-67)71-49-41-65(42-50-71)66-43-51-72(52-44-66)74(68-19-11-4-12-20-68)70-47-39-64(40-48-70)62-35-31-60(32-36-62)58-27-23-56(24-28-58)54-15-7-2-8-16-54/h1-52H. The average molecular weight is 945 g/mol. The molecule has 12 rings (SSSR count). The summed E-state index contributed by atoms with van der Waals surface area (Å²) >= 11 is 0. The first-order chi connectivity index (χ1) is 36.7. The third kappa shape index (κ3) is 9.81. The van der Waals surface area contributed by atoms with Crippen molar-refractivity contribution in [2.75, 3.05) is 9.80 Å². The maximum absolute atomic E-state index is 2.32. The second-order valence-corrected chi connectivity index (χ2v) is 18.6. The lowest BCUT2D eigenvalue weighted by Gasteiger charge is -2.26. The third-order valence-electron chi connectivity index (χ3n) is 14.0. The number of rotatable bonds is 13. The first-order valence-electron chi connectivity index (χ1n) is 25.3. The Hall–Kier alpha value is -9.76. The monoisotopic (exact) mass is 944 g/mol. The smallest absolute Gasteiger partial charge is 0.0462 e. The van der Waals surface area contributed by atoms with E-state index in [2.05, 4.69) is 325 Å². The van der Waals surface area contributed by atoms with Crippen molar-refractivity contribution in [3.8, 4) is 77.9 Å². The van der Waals surface area contributed by atoms with Crippen LogP contribution < -0.4 is 9.80 Å². The first kappa shape index (κ1) is 45.4. The van der Waals surface area contributed by atoms with Crippen LogP contribution in [0, 0.1) is 0 Å². The molecular formula is C72H52N2. The fourth-order valence-corrected chi connectivity index (χ4v) is 9.94. The molecule has 12 aromatic carbocycles. The minimum Gasteiger partial charge on any atom is -0.311 e. The normalized spacial score (nSPS) is 11.0. The molecule has 0 saturated carbocycles. The van der Waals surface area contributed by atoms with Crippen LogP contribution in [-0.2, 0) is 0 Å². The first-order valence-corrected chi connectivity index (χ1v) is 25.3. The number of anilines is 6. The average Bonchev–Trinajstić information content (AvgIpc) is 3.49. The Morgan fingerprint density at radius 1 is 0.108 bits per heavy atom. The molecule has 2 nitrogen and oxygen atoms in total. The summed E-state index contributed by atoms with van der Waals surface area (Å²) in [6.45, 7) is 0. The molecule has 12 aromatic rings. The van der Waals surface area contributed by atoms with E-state index in [1.807, 2.05) is 0 Å². The van der Waals surface area contributed by atoms with Gasteiger partial charge >= 0.3 is 0 Å². The number of para-hydroxylation sites is 2. The summed E-state index contributed by atoms with van der Waals surface area (Å²) in [6, 6.07) is 113.